The SMILES string of the molecule is CCS(=O)(=O)CC(Cc1cccc2c1OCCO2)C(=O)N[C@@H](CCCOC(C)=O)C(=O)OC(C)(C)C. The number of esters is 2. The number of amides is 1. The van der Waals surface area contributed by atoms with Crippen molar-refractivity contribution < 1.29 is 41.7 Å². The first kappa shape index (κ1) is 29.4. The fourth-order valence-corrected chi connectivity index (χ4v) is 4.74. The molecular formula is C25H37NO9S. The van der Waals surface area contributed by atoms with Crippen molar-refractivity contribution in [1.29, 1.82) is 0 Å². The molecule has 1 aliphatic heterocycles. The quantitative estimate of drug-likeness (QED) is 0.321. The van der Waals surface area contributed by atoms with E-state index in [9.17, 15) is 22.8 Å². The van der Waals surface area contributed by atoms with Crippen LogP contribution in [0.2, 0.25) is 0 Å². The van der Waals surface area contributed by atoms with Crippen molar-refractivity contribution in [3.63, 3.8) is 0 Å². The van der Waals surface area contributed by atoms with Gasteiger partial charge in [-0.05, 0) is 51.7 Å². The lowest BCUT2D eigenvalue weighted by molar-refractivity contribution is -0.159. The summed E-state index contributed by atoms with van der Waals surface area (Å²) in [5.41, 5.74) is -0.149. The van der Waals surface area contributed by atoms with Gasteiger partial charge in [0.15, 0.2) is 21.3 Å². The highest BCUT2D eigenvalue weighted by Gasteiger charge is 2.32. The lowest BCUT2D eigenvalue weighted by Crippen LogP contribution is -2.48. The standard InChI is InChI=1S/C25H37NO9S/c1-6-36(30,31)16-19(15-18-9-7-11-21-22(18)34-14-13-33-21)23(28)26-20(10-8-12-32-17(2)27)24(29)35-25(3,4)5/h7,9,11,19-20H,6,8,10,12-16H2,1-5H3,(H,26,28)/t19?,20-/m0/s1. The summed E-state index contributed by atoms with van der Waals surface area (Å²) in [5, 5.41) is 2.68. The summed E-state index contributed by atoms with van der Waals surface area (Å²) in [6, 6.07) is 4.22. The van der Waals surface area contributed by atoms with Crippen molar-refractivity contribution in [3.05, 3.63) is 23.8 Å². The summed E-state index contributed by atoms with van der Waals surface area (Å²) >= 11 is 0. The van der Waals surface area contributed by atoms with E-state index >= 15 is 0 Å². The summed E-state index contributed by atoms with van der Waals surface area (Å²) in [6.45, 7) is 8.74. The molecule has 1 aliphatic rings. The van der Waals surface area contributed by atoms with Gasteiger partial charge in [0.05, 0.1) is 18.3 Å². The van der Waals surface area contributed by atoms with E-state index in [0.717, 1.165) is 0 Å². The van der Waals surface area contributed by atoms with Crippen LogP contribution in [0.15, 0.2) is 18.2 Å². The average Bonchev–Trinajstić information content (AvgIpc) is 2.79. The summed E-state index contributed by atoms with van der Waals surface area (Å²) < 4.78 is 46.7. The van der Waals surface area contributed by atoms with E-state index in [1.165, 1.54) is 13.8 Å². The minimum Gasteiger partial charge on any atom is -0.486 e. The molecule has 0 bridgehead atoms. The molecule has 1 heterocycles. The number of nitrogens with one attached hydrogen (secondary N) is 1. The van der Waals surface area contributed by atoms with Crippen molar-refractivity contribution in [2.24, 2.45) is 5.92 Å². The molecule has 36 heavy (non-hydrogen) atoms. The first-order valence-corrected chi connectivity index (χ1v) is 13.9. The summed E-state index contributed by atoms with van der Waals surface area (Å²) in [5.74, 6) is -2.17. The Kier molecular flexibility index (Phi) is 10.6. The zero-order valence-electron chi connectivity index (χ0n) is 21.6. The highest BCUT2D eigenvalue weighted by Crippen LogP contribution is 2.35. The van der Waals surface area contributed by atoms with Crippen LogP contribution in [-0.2, 0) is 40.1 Å². The van der Waals surface area contributed by atoms with Gasteiger partial charge in [0.1, 0.15) is 24.9 Å². The maximum absolute atomic E-state index is 13.4. The first-order valence-electron chi connectivity index (χ1n) is 12.1. The Hall–Kier alpha value is -2.82. The molecular weight excluding hydrogens is 490 g/mol. The van der Waals surface area contributed by atoms with Gasteiger partial charge >= 0.3 is 11.9 Å². The van der Waals surface area contributed by atoms with Crippen molar-refractivity contribution in [2.75, 3.05) is 31.3 Å². The number of para-hydroxylation sites is 1. The Morgan fingerprint density at radius 3 is 2.47 bits per heavy atom. The highest BCUT2D eigenvalue weighted by atomic mass is 32.2. The third-order valence-electron chi connectivity index (χ3n) is 5.33. The summed E-state index contributed by atoms with van der Waals surface area (Å²) in [7, 11) is -3.53. The molecule has 2 atom stereocenters. The van der Waals surface area contributed by atoms with Crippen LogP contribution in [0.3, 0.4) is 0 Å². The van der Waals surface area contributed by atoms with Crippen LogP contribution in [0.1, 0.15) is 53.0 Å². The summed E-state index contributed by atoms with van der Waals surface area (Å²) in [4.78, 5) is 37.3. The third-order valence-corrected chi connectivity index (χ3v) is 7.12. The Labute approximate surface area is 212 Å². The zero-order valence-corrected chi connectivity index (χ0v) is 22.4. The van der Waals surface area contributed by atoms with Crippen LogP contribution < -0.4 is 14.8 Å². The minimum absolute atomic E-state index is 0.0750. The second-order valence-corrected chi connectivity index (χ2v) is 12.0. The Morgan fingerprint density at radius 2 is 1.83 bits per heavy atom. The molecule has 2 rings (SSSR count). The van der Waals surface area contributed by atoms with E-state index in [4.69, 9.17) is 18.9 Å². The molecule has 0 radical (unpaired) electrons. The lowest BCUT2D eigenvalue weighted by Gasteiger charge is -2.27. The first-order chi connectivity index (χ1) is 16.8. The Bertz CT molecular complexity index is 1030. The summed E-state index contributed by atoms with van der Waals surface area (Å²) in [6.07, 6.45) is 0.532. The molecule has 0 spiro atoms. The number of ether oxygens (including phenoxy) is 4. The van der Waals surface area contributed by atoms with E-state index in [-0.39, 0.29) is 25.2 Å². The average molecular weight is 528 g/mol. The van der Waals surface area contributed by atoms with Gasteiger partial charge in [-0.1, -0.05) is 19.1 Å². The molecule has 0 aliphatic carbocycles. The third kappa shape index (κ3) is 9.67. The van der Waals surface area contributed by atoms with Crippen LogP contribution in [-0.4, -0.2) is 69.2 Å². The lowest BCUT2D eigenvalue weighted by atomic mass is 9.98. The molecule has 1 unspecified atom stereocenters. The molecule has 0 saturated heterocycles. The normalized spacial score (nSPS) is 14.9. The van der Waals surface area contributed by atoms with E-state index in [1.54, 1.807) is 39.0 Å². The molecule has 0 saturated carbocycles. The maximum atomic E-state index is 13.4. The van der Waals surface area contributed by atoms with Gasteiger partial charge in [-0.25, -0.2) is 13.2 Å². The van der Waals surface area contributed by atoms with E-state index in [0.29, 0.717) is 36.7 Å². The topological polar surface area (TPSA) is 134 Å². The fraction of sp³-hybridized carbons (Fsp3) is 0.640. The van der Waals surface area contributed by atoms with Crippen LogP contribution >= 0.6 is 0 Å². The van der Waals surface area contributed by atoms with Gasteiger partial charge < -0.3 is 24.3 Å². The molecule has 1 amide bonds. The largest absolute Gasteiger partial charge is 0.486 e. The van der Waals surface area contributed by atoms with Crippen molar-refractivity contribution >= 4 is 27.7 Å². The molecule has 11 heteroatoms. The molecule has 1 aromatic carbocycles. The molecule has 10 nitrogen and oxygen atoms in total. The molecule has 0 aromatic heterocycles. The maximum Gasteiger partial charge on any atom is 0.329 e. The van der Waals surface area contributed by atoms with E-state index in [1.807, 2.05) is 0 Å². The number of rotatable bonds is 12. The van der Waals surface area contributed by atoms with Crippen LogP contribution in [0.5, 0.6) is 11.5 Å². The Balaban J connectivity index is 2.26. The zero-order chi connectivity index (χ0) is 26.9. The molecule has 1 N–H and O–H groups in total. The van der Waals surface area contributed by atoms with E-state index < -0.39 is 51.0 Å². The second-order valence-electron chi connectivity index (χ2n) is 9.62. The van der Waals surface area contributed by atoms with Gasteiger partial charge in [-0.15, -0.1) is 0 Å². The number of hydrogen-bond donors (Lipinski definition) is 1. The van der Waals surface area contributed by atoms with Gasteiger partial charge in [0, 0.05) is 12.7 Å². The van der Waals surface area contributed by atoms with Gasteiger partial charge in [-0.3, -0.25) is 9.59 Å². The van der Waals surface area contributed by atoms with Gasteiger partial charge in [-0.2, -0.15) is 0 Å². The molecule has 0 fully saturated rings. The number of carbonyl (C=O) groups is 3. The predicted octanol–water partition coefficient (Wildman–Crippen LogP) is 2.22. The monoisotopic (exact) mass is 527 g/mol. The second kappa shape index (κ2) is 12.9. The van der Waals surface area contributed by atoms with Crippen LogP contribution in [0.4, 0.5) is 0 Å². The van der Waals surface area contributed by atoms with Crippen LogP contribution in [0.25, 0.3) is 0 Å². The number of hydrogen-bond acceptors (Lipinski definition) is 9. The predicted molar refractivity (Wildman–Crippen MR) is 133 cm³/mol. The number of sulfone groups is 1. The minimum atomic E-state index is -3.53. The van der Waals surface area contributed by atoms with Crippen molar-refractivity contribution in [2.45, 2.75) is 65.5 Å². The van der Waals surface area contributed by atoms with Crippen molar-refractivity contribution in [1.82, 2.24) is 5.32 Å². The fourth-order valence-electron chi connectivity index (χ4n) is 3.63. The number of benzene rings is 1. The van der Waals surface area contributed by atoms with Gasteiger partial charge in [0.2, 0.25) is 5.91 Å². The Morgan fingerprint density at radius 1 is 1.14 bits per heavy atom. The smallest absolute Gasteiger partial charge is 0.329 e. The molecule has 202 valence electrons. The number of fused-ring (bicyclic) bond motifs is 1. The van der Waals surface area contributed by atoms with Crippen molar-refractivity contribution in [3.8, 4) is 11.5 Å². The highest BCUT2D eigenvalue weighted by molar-refractivity contribution is 7.91. The van der Waals surface area contributed by atoms with E-state index in [2.05, 4.69) is 5.32 Å². The number of carbonyl (C=O) groups excluding carboxylic acids is 3. The van der Waals surface area contributed by atoms with Crippen LogP contribution in [0, 0.1) is 5.92 Å². The molecule has 1 aromatic rings. The van der Waals surface area contributed by atoms with Gasteiger partial charge in [0.25, 0.3) is 0 Å².